The average Bonchev–Trinajstić information content (AvgIpc) is 2.95. The first-order valence-electron chi connectivity index (χ1n) is 9.27. The second-order valence-electron chi connectivity index (χ2n) is 7.27. The highest BCUT2D eigenvalue weighted by Crippen LogP contribution is 2.23. The molecule has 3 aromatic rings. The molecule has 0 aliphatic carbocycles. The Labute approximate surface area is 164 Å². The van der Waals surface area contributed by atoms with Crippen LogP contribution in [0.15, 0.2) is 54.0 Å². The third-order valence-corrected chi connectivity index (χ3v) is 5.87. The summed E-state index contributed by atoms with van der Waals surface area (Å²) in [6.45, 7) is 13.0. The van der Waals surface area contributed by atoms with Crippen molar-refractivity contribution in [3.8, 4) is 0 Å². The molecule has 1 aromatic heterocycles. The molecule has 0 atom stereocenters. The van der Waals surface area contributed by atoms with Gasteiger partial charge in [-0.05, 0) is 54.2 Å². The minimum absolute atomic E-state index is 0.119. The molecule has 2 aromatic carbocycles. The Balaban J connectivity index is 2.00. The van der Waals surface area contributed by atoms with E-state index in [1.165, 1.54) is 16.7 Å². The number of benzene rings is 2. The number of nitrogens with zero attached hydrogens (tertiary/aromatic N) is 2. The maximum absolute atomic E-state index is 12.6. The van der Waals surface area contributed by atoms with Gasteiger partial charge in [-0.1, -0.05) is 55.5 Å². The Hall–Kier alpha value is -2.46. The van der Waals surface area contributed by atoms with E-state index in [0.717, 1.165) is 20.6 Å². The third-order valence-electron chi connectivity index (χ3n) is 4.83. The van der Waals surface area contributed by atoms with Gasteiger partial charge >= 0.3 is 0 Å². The van der Waals surface area contributed by atoms with Gasteiger partial charge in [-0.2, -0.15) is 4.99 Å². The zero-order chi connectivity index (χ0) is 19.6. The maximum Gasteiger partial charge on any atom is 0.252 e. The quantitative estimate of drug-likeness (QED) is 0.555. The molecule has 0 unspecified atom stereocenters. The molecule has 0 aliphatic rings. The van der Waals surface area contributed by atoms with Crippen molar-refractivity contribution in [3.05, 3.63) is 76.1 Å². The number of rotatable bonds is 5. The predicted molar refractivity (Wildman–Crippen MR) is 114 cm³/mol. The van der Waals surface area contributed by atoms with Crippen molar-refractivity contribution in [2.45, 2.75) is 46.6 Å². The van der Waals surface area contributed by atoms with E-state index in [9.17, 15) is 4.79 Å². The van der Waals surface area contributed by atoms with Crippen LogP contribution in [0, 0.1) is 13.8 Å². The summed E-state index contributed by atoms with van der Waals surface area (Å²) in [6.07, 6.45) is 2.16. The SMILES string of the molecule is C=CCn1c(=NC(=O)Cc2ccc(C)c(C)c2)sc2cc(C(C)C)ccc21. The fourth-order valence-electron chi connectivity index (χ4n) is 3.07. The topological polar surface area (TPSA) is 34.4 Å². The van der Waals surface area contributed by atoms with E-state index in [1.807, 2.05) is 12.1 Å². The first-order chi connectivity index (χ1) is 12.9. The van der Waals surface area contributed by atoms with Crippen LogP contribution in [0.2, 0.25) is 0 Å². The summed E-state index contributed by atoms with van der Waals surface area (Å²) in [5.74, 6) is 0.350. The van der Waals surface area contributed by atoms with E-state index >= 15 is 0 Å². The molecular formula is C23H26N2OS. The highest BCUT2D eigenvalue weighted by molar-refractivity contribution is 7.16. The molecular weight excluding hydrogens is 352 g/mol. The van der Waals surface area contributed by atoms with Gasteiger partial charge in [0.2, 0.25) is 0 Å². The molecule has 0 aliphatic heterocycles. The molecule has 0 saturated heterocycles. The lowest BCUT2D eigenvalue weighted by Crippen LogP contribution is -2.17. The van der Waals surface area contributed by atoms with Gasteiger partial charge in [-0.15, -0.1) is 6.58 Å². The lowest BCUT2D eigenvalue weighted by atomic mass is 10.0. The zero-order valence-corrected chi connectivity index (χ0v) is 17.3. The van der Waals surface area contributed by atoms with Crippen LogP contribution in [0.4, 0.5) is 0 Å². The van der Waals surface area contributed by atoms with Crippen LogP contribution in [0.5, 0.6) is 0 Å². The number of aromatic nitrogens is 1. The zero-order valence-electron chi connectivity index (χ0n) is 16.5. The number of carbonyl (C=O) groups is 1. The number of amides is 1. The Kier molecular flexibility index (Phi) is 5.76. The molecule has 0 radical (unpaired) electrons. The van der Waals surface area contributed by atoms with E-state index < -0.39 is 0 Å². The lowest BCUT2D eigenvalue weighted by Gasteiger charge is -2.06. The highest BCUT2D eigenvalue weighted by Gasteiger charge is 2.10. The van der Waals surface area contributed by atoms with Gasteiger partial charge in [0.25, 0.3) is 5.91 Å². The largest absolute Gasteiger partial charge is 0.313 e. The Morgan fingerprint density at radius 2 is 1.96 bits per heavy atom. The molecule has 0 bridgehead atoms. The first kappa shape index (κ1) is 19.3. The molecule has 1 amide bonds. The number of thiazole rings is 1. The van der Waals surface area contributed by atoms with Crippen LogP contribution in [0.3, 0.4) is 0 Å². The number of carbonyl (C=O) groups excluding carboxylic acids is 1. The second-order valence-corrected chi connectivity index (χ2v) is 8.28. The van der Waals surface area contributed by atoms with Gasteiger partial charge < -0.3 is 4.57 Å². The standard InChI is InChI=1S/C23H26N2OS/c1-6-11-25-20-10-9-19(15(2)3)14-21(20)27-23(25)24-22(26)13-18-8-7-16(4)17(5)12-18/h6-10,12,14-15H,1,11,13H2,2-5H3. The summed E-state index contributed by atoms with van der Waals surface area (Å²) < 4.78 is 3.22. The number of aryl methyl sites for hydroxylation is 2. The van der Waals surface area contributed by atoms with Crippen molar-refractivity contribution < 1.29 is 4.79 Å². The van der Waals surface area contributed by atoms with E-state index in [1.54, 1.807) is 11.3 Å². The predicted octanol–water partition coefficient (Wildman–Crippen LogP) is 5.30. The van der Waals surface area contributed by atoms with E-state index in [-0.39, 0.29) is 5.91 Å². The summed E-state index contributed by atoms with van der Waals surface area (Å²) in [4.78, 5) is 17.8. The average molecular weight is 379 g/mol. The minimum atomic E-state index is -0.119. The first-order valence-corrected chi connectivity index (χ1v) is 10.1. The van der Waals surface area contributed by atoms with Crippen molar-refractivity contribution in [2.75, 3.05) is 0 Å². The van der Waals surface area contributed by atoms with Gasteiger partial charge in [0.05, 0.1) is 16.6 Å². The summed E-state index contributed by atoms with van der Waals surface area (Å²) in [7, 11) is 0. The Morgan fingerprint density at radius 1 is 1.19 bits per heavy atom. The molecule has 0 saturated carbocycles. The van der Waals surface area contributed by atoms with Crippen LogP contribution in [-0.2, 0) is 17.8 Å². The Morgan fingerprint density at radius 3 is 2.63 bits per heavy atom. The normalized spacial score (nSPS) is 12.1. The number of hydrogen-bond donors (Lipinski definition) is 0. The van der Waals surface area contributed by atoms with Crippen molar-refractivity contribution in [3.63, 3.8) is 0 Å². The van der Waals surface area contributed by atoms with Crippen LogP contribution < -0.4 is 4.80 Å². The summed E-state index contributed by atoms with van der Waals surface area (Å²) >= 11 is 1.57. The molecule has 0 N–H and O–H groups in total. The molecule has 1 heterocycles. The molecule has 3 rings (SSSR count). The lowest BCUT2D eigenvalue weighted by molar-refractivity contribution is -0.117. The molecule has 0 fully saturated rings. The summed E-state index contributed by atoms with van der Waals surface area (Å²) in [5.41, 5.74) is 5.83. The van der Waals surface area contributed by atoms with Gasteiger partial charge in [0, 0.05) is 6.54 Å². The van der Waals surface area contributed by atoms with Crippen molar-refractivity contribution in [1.82, 2.24) is 4.57 Å². The van der Waals surface area contributed by atoms with E-state index in [2.05, 4.69) is 74.2 Å². The van der Waals surface area contributed by atoms with E-state index in [0.29, 0.717) is 18.9 Å². The fraction of sp³-hybridized carbons (Fsp3) is 0.304. The van der Waals surface area contributed by atoms with Crippen LogP contribution in [-0.4, -0.2) is 10.5 Å². The minimum Gasteiger partial charge on any atom is -0.313 e. The van der Waals surface area contributed by atoms with Gasteiger partial charge in [0.1, 0.15) is 0 Å². The summed E-state index contributed by atoms with van der Waals surface area (Å²) in [5, 5.41) is 0. The van der Waals surface area contributed by atoms with Crippen molar-refractivity contribution in [2.24, 2.45) is 4.99 Å². The summed E-state index contributed by atoms with van der Waals surface area (Å²) in [6, 6.07) is 12.6. The molecule has 4 heteroatoms. The number of allylic oxidation sites excluding steroid dienone is 1. The van der Waals surface area contributed by atoms with E-state index in [4.69, 9.17) is 0 Å². The Bertz CT molecular complexity index is 1070. The maximum atomic E-state index is 12.6. The number of fused-ring (bicyclic) bond motifs is 1. The fourth-order valence-corrected chi connectivity index (χ4v) is 4.18. The van der Waals surface area contributed by atoms with Gasteiger partial charge in [-0.3, -0.25) is 4.79 Å². The number of hydrogen-bond acceptors (Lipinski definition) is 2. The van der Waals surface area contributed by atoms with Crippen molar-refractivity contribution in [1.29, 1.82) is 0 Å². The molecule has 27 heavy (non-hydrogen) atoms. The molecule has 3 nitrogen and oxygen atoms in total. The van der Waals surface area contributed by atoms with Crippen LogP contribution >= 0.6 is 11.3 Å². The van der Waals surface area contributed by atoms with Crippen LogP contribution in [0.25, 0.3) is 10.2 Å². The molecule has 0 spiro atoms. The highest BCUT2D eigenvalue weighted by atomic mass is 32.1. The monoisotopic (exact) mass is 378 g/mol. The van der Waals surface area contributed by atoms with Gasteiger partial charge in [0.15, 0.2) is 4.80 Å². The third kappa shape index (κ3) is 4.28. The van der Waals surface area contributed by atoms with Crippen molar-refractivity contribution >= 4 is 27.5 Å². The van der Waals surface area contributed by atoms with Gasteiger partial charge in [-0.25, -0.2) is 0 Å². The second kappa shape index (κ2) is 8.05. The smallest absolute Gasteiger partial charge is 0.252 e. The van der Waals surface area contributed by atoms with Crippen LogP contribution in [0.1, 0.15) is 42.0 Å². The molecule has 140 valence electrons.